The zero-order valence-corrected chi connectivity index (χ0v) is 13.6. The average molecular weight is 305 g/mol. The van der Waals surface area contributed by atoms with E-state index in [1.165, 1.54) is 4.31 Å². The third-order valence-corrected chi connectivity index (χ3v) is 5.91. The number of thioether (sulfide) groups is 1. The molecule has 0 spiro atoms. The van der Waals surface area contributed by atoms with Crippen molar-refractivity contribution in [2.24, 2.45) is 12.8 Å². The van der Waals surface area contributed by atoms with Gasteiger partial charge >= 0.3 is 0 Å². The van der Waals surface area contributed by atoms with Crippen LogP contribution in [0, 0.1) is 0 Å². The molecule has 0 bridgehead atoms. The lowest BCUT2D eigenvalue weighted by Crippen LogP contribution is -2.35. The molecule has 1 heterocycles. The Hall–Kier alpha value is -0.500. The molecular weight excluding hydrogens is 282 g/mol. The zero-order valence-electron chi connectivity index (χ0n) is 12.0. The fourth-order valence-electron chi connectivity index (χ4n) is 1.79. The molecule has 2 N–H and O–H groups in total. The van der Waals surface area contributed by atoms with Crippen LogP contribution in [0.3, 0.4) is 0 Å². The summed E-state index contributed by atoms with van der Waals surface area (Å²) in [4.78, 5) is 0.314. The van der Waals surface area contributed by atoms with Gasteiger partial charge in [0.25, 0.3) is 0 Å². The number of sulfonamides is 1. The highest BCUT2D eigenvalue weighted by atomic mass is 32.2. The van der Waals surface area contributed by atoms with Crippen molar-refractivity contribution in [3.8, 4) is 0 Å². The maximum Gasteiger partial charge on any atom is 0.244 e. The van der Waals surface area contributed by atoms with Crippen LogP contribution in [0.25, 0.3) is 0 Å². The number of hydrogen-bond donors (Lipinski definition) is 1. The minimum atomic E-state index is -3.43. The lowest BCUT2D eigenvalue weighted by atomic mass is 10.3. The van der Waals surface area contributed by atoms with Crippen molar-refractivity contribution < 1.29 is 8.42 Å². The number of aromatic nitrogens is 1. The van der Waals surface area contributed by atoms with Crippen LogP contribution < -0.4 is 5.73 Å². The maximum atomic E-state index is 12.5. The molecule has 0 aromatic carbocycles. The fraction of sp³-hybridized carbons (Fsp3) is 0.667. The van der Waals surface area contributed by atoms with Crippen LogP contribution in [0.1, 0.15) is 19.0 Å². The predicted molar refractivity (Wildman–Crippen MR) is 80.7 cm³/mol. The molecule has 1 rings (SSSR count). The van der Waals surface area contributed by atoms with Crippen LogP contribution in [0.4, 0.5) is 0 Å². The highest BCUT2D eigenvalue weighted by molar-refractivity contribution is 7.98. The van der Waals surface area contributed by atoms with Crippen molar-refractivity contribution >= 4 is 21.8 Å². The molecule has 0 aliphatic heterocycles. The topological polar surface area (TPSA) is 68.3 Å². The molecule has 0 saturated heterocycles. The van der Waals surface area contributed by atoms with Gasteiger partial charge < -0.3 is 10.3 Å². The minimum absolute atomic E-state index is 0.0148. The van der Waals surface area contributed by atoms with Crippen molar-refractivity contribution in [2.45, 2.75) is 30.8 Å². The third kappa shape index (κ3) is 3.75. The number of hydrogen-bond acceptors (Lipinski definition) is 4. The monoisotopic (exact) mass is 305 g/mol. The van der Waals surface area contributed by atoms with Gasteiger partial charge in [-0.3, -0.25) is 0 Å². The Morgan fingerprint density at radius 3 is 2.63 bits per heavy atom. The molecule has 0 saturated carbocycles. The molecule has 19 heavy (non-hydrogen) atoms. The first-order valence-electron chi connectivity index (χ1n) is 6.16. The van der Waals surface area contributed by atoms with Crippen LogP contribution >= 0.6 is 11.8 Å². The van der Waals surface area contributed by atoms with E-state index in [4.69, 9.17) is 5.73 Å². The lowest BCUT2D eigenvalue weighted by molar-refractivity contribution is 0.382. The van der Waals surface area contributed by atoms with Crippen molar-refractivity contribution in [1.82, 2.24) is 8.87 Å². The summed E-state index contributed by atoms with van der Waals surface area (Å²) in [6.07, 6.45) is 4.48. The van der Waals surface area contributed by atoms with Crippen LogP contribution in [-0.2, 0) is 23.6 Å². The zero-order chi connectivity index (χ0) is 14.6. The summed E-state index contributed by atoms with van der Waals surface area (Å²) in [6.45, 7) is 2.26. The smallest absolute Gasteiger partial charge is 0.244 e. The Labute approximate surface area is 120 Å². The van der Waals surface area contributed by atoms with Gasteiger partial charge in [0.1, 0.15) is 4.90 Å². The molecule has 1 aromatic heterocycles. The SMILES string of the molecule is CSCCC(C)N(C)S(=O)(=O)c1cc(CN)n(C)c1. The Morgan fingerprint density at radius 1 is 1.53 bits per heavy atom. The molecular formula is C12H23N3O2S2. The molecule has 1 aromatic rings. The first kappa shape index (κ1) is 16.6. The molecule has 7 heteroatoms. The van der Waals surface area contributed by atoms with Gasteiger partial charge in [-0.1, -0.05) is 0 Å². The number of nitrogens with two attached hydrogens (primary N) is 1. The molecule has 0 fully saturated rings. The van der Waals surface area contributed by atoms with Crippen molar-refractivity contribution in [2.75, 3.05) is 19.1 Å². The molecule has 1 unspecified atom stereocenters. The average Bonchev–Trinajstić information content (AvgIpc) is 2.76. The predicted octanol–water partition coefficient (Wildman–Crippen LogP) is 1.25. The van der Waals surface area contributed by atoms with E-state index in [0.29, 0.717) is 11.4 Å². The van der Waals surface area contributed by atoms with Gasteiger partial charge in [-0.25, -0.2) is 8.42 Å². The van der Waals surface area contributed by atoms with Gasteiger partial charge in [0.15, 0.2) is 0 Å². The van der Waals surface area contributed by atoms with Gasteiger partial charge in [0.05, 0.1) is 0 Å². The number of rotatable bonds is 7. The van der Waals surface area contributed by atoms with Crippen LogP contribution in [0.5, 0.6) is 0 Å². The van der Waals surface area contributed by atoms with Gasteiger partial charge in [-0.2, -0.15) is 16.1 Å². The first-order chi connectivity index (χ1) is 8.84. The van der Waals surface area contributed by atoms with E-state index in [9.17, 15) is 8.42 Å². The highest BCUT2D eigenvalue weighted by Crippen LogP contribution is 2.20. The van der Waals surface area contributed by atoms with Gasteiger partial charge in [-0.15, -0.1) is 0 Å². The van der Waals surface area contributed by atoms with E-state index in [0.717, 1.165) is 17.9 Å². The van der Waals surface area contributed by atoms with Gasteiger partial charge in [0.2, 0.25) is 10.0 Å². The van der Waals surface area contributed by atoms with E-state index in [-0.39, 0.29) is 6.04 Å². The van der Waals surface area contributed by atoms with E-state index in [1.807, 2.05) is 13.2 Å². The summed E-state index contributed by atoms with van der Waals surface area (Å²) in [5.41, 5.74) is 6.39. The van der Waals surface area contributed by atoms with E-state index in [1.54, 1.807) is 42.7 Å². The largest absolute Gasteiger partial charge is 0.352 e. The van der Waals surface area contributed by atoms with Crippen molar-refractivity contribution in [3.05, 3.63) is 18.0 Å². The van der Waals surface area contributed by atoms with E-state index in [2.05, 4.69) is 0 Å². The Bertz CT molecular complexity index is 511. The summed E-state index contributed by atoms with van der Waals surface area (Å²) >= 11 is 1.72. The number of aryl methyl sites for hydroxylation is 1. The second-order valence-electron chi connectivity index (χ2n) is 4.63. The molecule has 0 aliphatic rings. The first-order valence-corrected chi connectivity index (χ1v) is 9.00. The molecule has 110 valence electrons. The highest BCUT2D eigenvalue weighted by Gasteiger charge is 2.26. The minimum Gasteiger partial charge on any atom is -0.352 e. The van der Waals surface area contributed by atoms with Crippen molar-refractivity contribution in [1.29, 1.82) is 0 Å². The van der Waals surface area contributed by atoms with Gasteiger partial charge in [0, 0.05) is 38.6 Å². The molecule has 0 amide bonds. The quantitative estimate of drug-likeness (QED) is 0.823. The second-order valence-corrected chi connectivity index (χ2v) is 7.62. The van der Waals surface area contributed by atoms with E-state index < -0.39 is 10.0 Å². The normalized spacial score (nSPS) is 14.0. The summed E-state index contributed by atoms with van der Waals surface area (Å²) < 4.78 is 28.2. The lowest BCUT2D eigenvalue weighted by Gasteiger charge is -2.23. The molecule has 1 atom stereocenters. The molecule has 0 aliphatic carbocycles. The summed E-state index contributed by atoms with van der Waals surface area (Å²) in [5.74, 6) is 0.948. The van der Waals surface area contributed by atoms with Gasteiger partial charge in [-0.05, 0) is 31.4 Å². The molecule has 0 radical (unpaired) electrons. The second kappa shape index (κ2) is 6.78. The standard InChI is InChI=1S/C12H23N3O2S2/c1-10(5-6-18-4)15(3)19(16,17)12-7-11(8-13)14(2)9-12/h7,9-10H,5-6,8,13H2,1-4H3. The van der Waals surface area contributed by atoms with Crippen LogP contribution in [-0.4, -0.2) is 42.4 Å². The Morgan fingerprint density at radius 2 is 2.16 bits per heavy atom. The maximum absolute atomic E-state index is 12.5. The Balaban J connectivity index is 2.95. The summed E-state index contributed by atoms with van der Waals surface area (Å²) in [6, 6.07) is 1.63. The fourth-order valence-corrected chi connectivity index (χ4v) is 3.86. The van der Waals surface area contributed by atoms with Crippen LogP contribution in [0.2, 0.25) is 0 Å². The summed E-state index contributed by atoms with van der Waals surface area (Å²) in [5, 5.41) is 0. The summed E-state index contributed by atoms with van der Waals surface area (Å²) in [7, 11) is 0.00559. The van der Waals surface area contributed by atoms with Crippen molar-refractivity contribution in [3.63, 3.8) is 0 Å². The Kier molecular flexibility index (Phi) is 5.91. The van der Waals surface area contributed by atoms with E-state index >= 15 is 0 Å². The molecule has 5 nitrogen and oxygen atoms in total. The van der Waals surface area contributed by atoms with Crippen LogP contribution in [0.15, 0.2) is 17.2 Å². The number of nitrogens with zero attached hydrogens (tertiary/aromatic N) is 2. The third-order valence-electron chi connectivity index (χ3n) is 3.33.